The maximum atomic E-state index is 12.4. The molecule has 0 unspecified atom stereocenters. The summed E-state index contributed by atoms with van der Waals surface area (Å²) in [6.45, 7) is 3.10. The number of aliphatic carboxylic acids is 1. The topological polar surface area (TPSA) is 76.1 Å². The normalized spacial score (nSPS) is 18.9. The van der Waals surface area contributed by atoms with Crippen molar-refractivity contribution in [2.24, 2.45) is 5.92 Å². The lowest BCUT2D eigenvalue weighted by atomic mass is 9.89. The molecular weight excluding hydrogens is 346 g/mol. The number of nitrogens with zero attached hydrogens (tertiary/aromatic N) is 1. The molecule has 1 aliphatic rings. The minimum absolute atomic E-state index is 0.140. The summed E-state index contributed by atoms with van der Waals surface area (Å²) >= 11 is 0. The Kier molecular flexibility index (Phi) is 5.96. The van der Waals surface area contributed by atoms with Crippen molar-refractivity contribution in [1.29, 1.82) is 0 Å². The van der Waals surface area contributed by atoms with Gasteiger partial charge in [-0.2, -0.15) is 0 Å². The molecule has 142 valence electrons. The van der Waals surface area contributed by atoms with Gasteiger partial charge in [0.05, 0.1) is 12.5 Å². The SMILES string of the molecule is CCOc1ccc([C@@H]2CN(C(=O)OCc3ccccc3)C[C@H]2C(=O)O)cc1. The van der Waals surface area contributed by atoms with Gasteiger partial charge in [0.1, 0.15) is 12.4 Å². The Morgan fingerprint density at radius 3 is 2.41 bits per heavy atom. The summed E-state index contributed by atoms with van der Waals surface area (Å²) in [6, 6.07) is 16.8. The van der Waals surface area contributed by atoms with Crippen molar-refractivity contribution in [3.8, 4) is 5.75 Å². The van der Waals surface area contributed by atoms with Crippen molar-refractivity contribution < 1.29 is 24.2 Å². The molecular formula is C21H23NO5. The number of ether oxygens (including phenoxy) is 2. The van der Waals surface area contributed by atoms with Crippen molar-refractivity contribution in [2.75, 3.05) is 19.7 Å². The highest BCUT2D eigenvalue weighted by atomic mass is 16.6. The van der Waals surface area contributed by atoms with Crippen molar-refractivity contribution in [3.05, 3.63) is 65.7 Å². The molecule has 0 radical (unpaired) electrons. The van der Waals surface area contributed by atoms with E-state index >= 15 is 0 Å². The van der Waals surface area contributed by atoms with Gasteiger partial charge in [-0.3, -0.25) is 4.79 Å². The number of carboxylic acid groups (broad SMARTS) is 1. The zero-order valence-corrected chi connectivity index (χ0v) is 15.2. The lowest BCUT2D eigenvalue weighted by Crippen LogP contribution is -2.30. The third kappa shape index (κ3) is 4.58. The van der Waals surface area contributed by atoms with Gasteiger partial charge >= 0.3 is 12.1 Å². The quantitative estimate of drug-likeness (QED) is 0.843. The second kappa shape index (κ2) is 8.58. The Bertz CT molecular complexity index is 775. The number of hydrogen-bond acceptors (Lipinski definition) is 4. The van der Waals surface area contributed by atoms with Crippen LogP contribution < -0.4 is 4.74 Å². The molecule has 1 heterocycles. The van der Waals surface area contributed by atoms with Crippen LogP contribution in [0.3, 0.4) is 0 Å². The second-order valence-electron chi connectivity index (χ2n) is 6.50. The van der Waals surface area contributed by atoms with E-state index in [2.05, 4.69) is 0 Å². The monoisotopic (exact) mass is 369 g/mol. The molecule has 0 spiro atoms. The molecule has 1 saturated heterocycles. The number of carboxylic acids is 1. The van der Waals surface area contributed by atoms with Crippen LogP contribution in [0.25, 0.3) is 0 Å². The third-order valence-electron chi connectivity index (χ3n) is 4.72. The molecule has 2 aromatic carbocycles. The number of rotatable bonds is 6. The minimum Gasteiger partial charge on any atom is -0.494 e. The van der Waals surface area contributed by atoms with E-state index in [4.69, 9.17) is 9.47 Å². The Morgan fingerprint density at radius 1 is 1.07 bits per heavy atom. The van der Waals surface area contributed by atoms with Gasteiger partial charge in [0.15, 0.2) is 0 Å². The molecule has 2 atom stereocenters. The first-order valence-electron chi connectivity index (χ1n) is 8.99. The van der Waals surface area contributed by atoms with Crippen molar-refractivity contribution in [3.63, 3.8) is 0 Å². The Labute approximate surface area is 158 Å². The summed E-state index contributed by atoms with van der Waals surface area (Å²) in [5.41, 5.74) is 1.77. The lowest BCUT2D eigenvalue weighted by Gasteiger charge is -2.17. The van der Waals surface area contributed by atoms with Gasteiger partial charge < -0.3 is 19.5 Å². The van der Waals surface area contributed by atoms with Crippen LogP contribution in [0.1, 0.15) is 24.0 Å². The predicted molar refractivity (Wildman–Crippen MR) is 99.7 cm³/mol. The summed E-state index contributed by atoms with van der Waals surface area (Å²) in [5, 5.41) is 9.59. The molecule has 27 heavy (non-hydrogen) atoms. The smallest absolute Gasteiger partial charge is 0.410 e. The van der Waals surface area contributed by atoms with Crippen LogP contribution in [0.2, 0.25) is 0 Å². The van der Waals surface area contributed by atoms with Crippen molar-refractivity contribution in [2.45, 2.75) is 19.4 Å². The number of carbonyl (C=O) groups excluding carboxylic acids is 1. The second-order valence-corrected chi connectivity index (χ2v) is 6.50. The molecule has 0 aromatic heterocycles. The van der Waals surface area contributed by atoms with Crippen LogP contribution >= 0.6 is 0 Å². The van der Waals surface area contributed by atoms with Gasteiger partial charge in [0.25, 0.3) is 0 Å². The third-order valence-corrected chi connectivity index (χ3v) is 4.72. The van der Waals surface area contributed by atoms with Crippen molar-refractivity contribution in [1.82, 2.24) is 4.90 Å². The predicted octanol–water partition coefficient (Wildman–Crippen LogP) is 3.52. The van der Waals surface area contributed by atoms with E-state index in [9.17, 15) is 14.7 Å². The summed E-state index contributed by atoms with van der Waals surface area (Å²) in [6.07, 6.45) is -0.487. The van der Waals surface area contributed by atoms with Gasteiger partial charge in [-0.1, -0.05) is 42.5 Å². The Morgan fingerprint density at radius 2 is 1.78 bits per heavy atom. The fourth-order valence-corrected chi connectivity index (χ4v) is 3.33. The van der Waals surface area contributed by atoms with Gasteiger partial charge in [-0.15, -0.1) is 0 Å². The zero-order valence-electron chi connectivity index (χ0n) is 15.2. The van der Waals surface area contributed by atoms with Crippen LogP contribution in [-0.4, -0.2) is 41.8 Å². The lowest BCUT2D eigenvalue weighted by molar-refractivity contribution is -0.141. The molecule has 6 heteroatoms. The molecule has 0 bridgehead atoms. The molecule has 3 rings (SSSR count). The van der Waals surface area contributed by atoms with Gasteiger partial charge in [0.2, 0.25) is 0 Å². The van der Waals surface area contributed by atoms with Crippen LogP contribution in [0.15, 0.2) is 54.6 Å². The Balaban J connectivity index is 1.66. The first kappa shape index (κ1) is 18.8. The first-order chi connectivity index (χ1) is 13.1. The van der Waals surface area contributed by atoms with Gasteiger partial charge in [-0.05, 0) is 30.2 Å². The summed E-state index contributed by atoms with van der Waals surface area (Å²) < 4.78 is 10.8. The summed E-state index contributed by atoms with van der Waals surface area (Å²) in [5.74, 6) is -1.10. The number of likely N-dealkylation sites (tertiary alicyclic amines) is 1. The average molecular weight is 369 g/mol. The fourth-order valence-electron chi connectivity index (χ4n) is 3.33. The van der Waals surface area contributed by atoms with Gasteiger partial charge in [-0.25, -0.2) is 4.79 Å². The van der Waals surface area contributed by atoms with Crippen LogP contribution in [0, 0.1) is 5.92 Å². The van der Waals surface area contributed by atoms with E-state index in [0.29, 0.717) is 13.2 Å². The van der Waals surface area contributed by atoms with Crippen LogP contribution in [0.5, 0.6) is 5.75 Å². The number of amides is 1. The highest BCUT2D eigenvalue weighted by Gasteiger charge is 2.41. The van der Waals surface area contributed by atoms with Crippen LogP contribution in [-0.2, 0) is 16.1 Å². The maximum absolute atomic E-state index is 12.4. The van der Waals surface area contributed by atoms with E-state index in [1.165, 1.54) is 4.90 Å². The van der Waals surface area contributed by atoms with E-state index in [0.717, 1.165) is 16.9 Å². The number of carbonyl (C=O) groups is 2. The molecule has 1 aliphatic heterocycles. The standard InChI is InChI=1S/C21H23NO5/c1-2-26-17-10-8-16(9-11-17)18-12-22(13-19(18)20(23)24)21(25)27-14-15-6-4-3-5-7-15/h3-11,18-19H,2,12-14H2,1H3,(H,23,24)/t18-,19+/m0/s1. The minimum atomic E-state index is -0.910. The molecule has 0 aliphatic carbocycles. The summed E-state index contributed by atoms with van der Waals surface area (Å²) in [4.78, 5) is 25.6. The highest BCUT2D eigenvalue weighted by molar-refractivity contribution is 5.75. The molecule has 2 aromatic rings. The van der Waals surface area contributed by atoms with E-state index in [1.54, 1.807) is 0 Å². The molecule has 6 nitrogen and oxygen atoms in total. The molecule has 1 amide bonds. The highest BCUT2D eigenvalue weighted by Crippen LogP contribution is 2.34. The molecule has 1 fully saturated rings. The van der Waals surface area contributed by atoms with E-state index in [1.807, 2.05) is 61.5 Å². The average Bonchev–Trinajstić information content (AvgIpc) is 3.14. The van der Waals surface area contributed by atoms with Gasteiger partial charge in [0, 0.05) is 19.0 Å². The first-order valence-corrected chi connectivity index (χ1v) is 8.99. The Hall–Kier alpha value is -3.02. The maximum Gasteiger partial charge on any atom is 0.410 e. The number of benzene rings is 2. The number of hydrogen-bond donors (Lipinski definition) is 1. The molecule has 0 saturated carbocycles. The fraction of sp³-hybridized carbons (Fsp3) is 0.333. The largest absolute Gasteiger partial charge is 0.494 e. The van der Waals surface area contributed by atoms with E-state index in [-0.39, 0.29) is 19.1 Å². The van der Waals surface area contributed by atoms with E-state index < -0.39 is 18.0 Å². The molecule has 1 N–H and O–H groups in total. The van der Waals surface area contributed by atoms with Crippen LogP contribution in [0.4, 0.5) is 4.79 Å². The summed E-state index contributed by atoms with van der Waals surface area (Å²) in [7, 11) is 0. The zero-order chi connectivity index (χ0) is 19.2. The van der Waals surface area contributed by atoms with Crippen molar-refractivity contribution >= 4 is 12.1 Å².